The molecule has 0 aromatic rings. The van der Waals surface area contributed by atoms with Crippen LogP contribution < -0.4 is 0 Å². The summed E-state index contributed by atoms with van der Waals surface area (Å²) in [6, 6.07) is 0. The van der Waals surface area contributed by atoms with Crippen molar-refractivity contribution < 1.29 is 9.47 Å². The zero-order valence-corrected chi connectivity index (χ0v) is 10.0. The summed E-state index contributed by atoms with van der Waals surface area (Å²) in [5.74, 6) is 0.338. The van der Waals surface area contributed by atoms with Crippen LogP contribution >= 0.6 is 0 Å². The second-order valence-corrected chi connectivity index (χ2v) is 5.33. The third-order valence-electron chi connectivity index (χ3n) is 4.35. The maximum absolute atomic E-state index is 5.98. The fourth-order valence-electron chi connectivity index (χ4n) is 3.58. The van der Waals surface area contributed by atoms with Crippen LogP contribution in [-0.4, -0.2) is 19.0 Å². The van der Waals surface area contributed by atoms with Crippen LogP contribution in [0.1, 0.15) is 51.4 Å². The van der Waals surface area contributed by atoms with Crippen LogP contribution in [0.2, 0.25) is 0 Å². The summed E-state index contributed by atoms with van der Waals surface area (Å²) < 4.78 is 12.0. The molecule has 0 radical (unpaired) electrons. The Labute approximate surface area is 98.0 Å². The fraction of sp³-hybridized carbons (Fsp3) is 0.857. The molecule has 0 N–H and O–H groups in total. The number of rotatable bonds is 1. The lowest BCUT2D eigenvalue weighted by atomic mass is 9.75. The van der Waals surface area contributed by atoms with Gasteiger partial charge in [0.25, 0.3) is 0 Å². The Balaban J connectivity index is 1.82. The lowest BCUT2D eigenvalue weighted by molar-refractivity contribution is -0.203. The Morgan fingerprint density at radius 1 is 1.06 bits per heavy atom. The van der Waals surface area contributed by atoms with E-state index in [2.05, 4.69) is 6.08 Å². The van der Waals surface area contributed by atoms with Crippen molar-refractivity contribution in [2.75, 3.05) is 13.2 Å². The first-order chi connectivity index (χ1) is 7.91. The molecule has 1 spiro atoms. The number of allylic oxidation sites excluding steroid dienone is 1. The molecule has 2 nitrogen and oxygen atoms in total. The van der Waals surface area contributed by atoms with Gasteiger partial charge in [0.05, 0.1) is 13.2 Å². The molecule has 0 amide bonds. The molecule has 1 atom stereocenters. The van der Waals surface area contributed by atoms with Gasteiger partial charge in [-0.05, 0) is 38.5 Å². The Morgan fingerprint density at radius 2 is 1.94 bits per heavy atom. The van der Waals surface area contributed by atoms with Crippen LogP contribution in [-0.2, 0) is 9.47 Å². The second kappa shape index (κ2) is 4.50. The van der Waals surface area contributed by atoms with Gasteiger partial charge >= 0.3 is 0 Å². The van der Waals surface area contributed by atoms with Gasteiger partial charge in [0.2, 0.25) is 0 Å². The summed E-state index contributed by atoms with van der Waals surface area (Å²) in [6.45, 7) is 1.59. The van der Waals surface area contributed by atoms with E-state index < -0.39 is 0 Å². The minimum atomic E-state index is -0.221. The molecule has 2 heteroatoms. The number of hydrogen-bond acceptors (Lipinski definition) is 2. The SMILES string of the molecule is C1=C(C2CCCCC23OCCO3)CCCC1. The fourth-order valence-corrected chi connectivity index (χ4v) is 3.58. The summed E-state index contributed by atoms with van der Waals surface area (Å²) in [4.78, 5) is 0. The third-order valence-corrected chi connectivity index (χ3v) is 4.35. The average Bonchev–Trinajstić information content (AvgIpc) is 2.80. The summed E-state index contributed by atoms with van der Waals surface area (Å²) in [6.07, 6.45) is 12.7. The first-order valence-electron chi connectivity index (χ1n) is 6.88. The van der Waals surface area contributed by atoms with E-state index in [0.29, 0.717) is 5.92 Å². The van der Waals surface area contributed by atoms with Crippen molar-refractivity contribution in [2.45, 2.75) is 57.2 Å². The van der Waals surface area contributed by atoms with Crippen molar-refractivity contribution in [1.29, 1.82) is 0 Å². The molecule has 1 heterocycles. The largest absolute Gasteiger partial charge is 0.347 e. The maximum atomic E-state index is 5.98. The van der Waals surface area contributed by atoms with Gasteiger partial charge in [-0.2, -0.15) is 0 Å². The standard InChI is InChI=1S/C14H22O2/c1-2-6-12(7-3-1)13-8-4-5-9-14(13)15-10-11-16-14/h6,13H,1-5,7-11H2. The van der Waals surface area contributed by atoms with Crippen LogP contribution in [0.4, 0.5) is 0 Å². The first kappa shape index (κ1) is 10.8. The lowest BCUT2D eigenvalue weighted by Gasteiger charge is -2.41. The zero-order valence-electron chi connectivity index (χ0n) is 10.0. The molecule has 1 unspecified atom stereocenters. The zero-order chi connectivity index (χ0) is 10.8. The van der Waals surface area contributed by atoms with E-state index in [0.717, 1.165) is 19.6 Å². The molecule has 0 aromatic carbocycles. The summed E-state index contributed by atoms with van der Waals surface area (Å²) in [7, 11) is 0. The van der Waals surface area contributed by atoms with Crippen LogP contribution in [0.5, 0.6) is 0 Å². The van der Waals surface area contributed by atoms with Gasteiger partial charge in [0.1, 0.15) is 0 Å². The molecule has 1 aliphatic heterocycles. The molecule has 3 rings (SSSR count). The summed E-state index contributed by atoms with van der Waals surface area (Å²) in [5, 5.41) is 0. The van der Waals surface area contributed by atoms with E-state index >= 15 is 0 Å². The highest BCUT2D eigenvalue weighted by Crippen LogP contribution is 2.45. The van der Waals surface area contributed by atoms with E-state index in [4.69, 9.17) is 9.47 Å². The predicted molar refractivity (Wildman–Crippen MR) is 63.1 cm³/mol. The van der Waals surface area contributed by atoms with Crippen molar-refractivity contribution in [3.8, 4) is 0 Å². The second-order valence-electron chi connectivity index (χ2n) is 5.33. The monoisotopic (exact) mass is 222 g/mol. The van der Waals surface area contributed by atoms with E-state index in [1.165, 1.54) is 44.9 Å². The molecule has 90 valence electrons. The van der Waals surface area contributed by atoms with Gasteiger partial charge < -0.3 is 9.47 Å². The van der Waals surface area contributed by atoms with E-state index in [9.17, 15) is 0 Å². The molecular formula is C14H22O2. The van der Waals surface area contributed by atoms with Crippen molar-refractivity contribution in [1.82, 2.24) is 0 Å². The Kier molecular flexibility index (Phi) is 3.03. The van der Waals surface area contributed by atoms with E-state index in [1.807, 2.05) is 0 Å². The topological polar surface area (TPSA) is 18.5 Å². The molecule has 1 saturated heterocycles. The van der Waals surface area contributed by atoms with Crippen LogP contribution in [0.25, 0.3) is 0 Å². The lowest BCUT2D eigenvalue weighted by Crippen LogP contribution is -2.43. The number of ether oxygens (including phenoxy) is 2. The van der Waals surface area contributed by atoms with Crippen molar-refractivity contribution in [2.24, 2.45) is 5.92 Å². The Hall–Kier alpha value is -0.340. The molecule has 2 aliphatic carbocycles. The minimum Gasteiger partial charge on any atom is -0.347 e. The highest BCUT2D eigenvalue weighted by molar-refractivity contribution is 5.14. The van der Waals surface area contributed by atoms with Gasteiger partial charge in [-0.25, -0.2) is 0 Å². The highest BCUT2D eigenvalue weighted by Gasteiger charge is 2.47. The van der Waals surface area contributed by atoms with Gasteiger partial charge in [-0.15, -0.1) is 0 Å². The summed E-state index contributed by atoms with van der Waals surface area (Å²) in [5.41, 5.74) is 1.63. The molecule has 0 aromatic heterocycles. The molecule has 1 saturated carbocycles. The molecule has 0 bridgehead atoms. The molecule has 16 heavy (non-hydrogen) atoms. The third kappa shape index (κ3) is 1.82. The van der Waals surface area contributed by atoms with Crippen LogP contribution in [0.3, 0.4) is 0 Å². The Morgan fingerprint density at radius 3 is 2.69 bits per heavy atom. The van der Waals surface area contributed by atoms with Gasteiger partial charge in [0.15, 0.2) is 5.79 Å². The van der Waals surface area contributed by atoms with Gasteiger partial charge in [-0.1, -0.05) is 18.1 Å². The van der Waals surface area contributed by atoms with Crippen LogP contribution in [0.15, 0.2) is 11.6 Å². The quantitative estimate of drug-likeness (QED) is 0.633. The average molecular weight is 222 g/mol. The Bertz CT molecular complexity index is 276. The van der Waals surface area contributed by atoms with Crippen molar-refractivity contribution in [3.05, 3.63) is 11.6 Å². The van der Waals surface area contributed by atoms with Crippen molar-refractivity contribution in [3.63, 3.8) is 0 Å². The minimum absolute atomic E-state index is 0.221. The van der Waals surface area contributed by atoms with Crippen LogP contribution in [0, 0.1) is 5.92 Å². The van der Waals surface area contributed by atoms with Gasteiger partial charge in [0, 0.05) is 12.3 Å². The molecule has 2 fully saturated rings. The van der Waals surface area contributed by atoms with E-state index in [-0.39, 0.29) is 5.79 Å². The maximum Gasteiger partial charge on any atom is 0.174 e. The molecular weight excluding hydrogens is 200 g/mol. The van der Waals surface area contributed by atoms with Gasteiger partial charge in [-0.3, -0.25) is 0 Å². The summed E-state index contributed by atoms with van der Waals surface area (Å²) >= 11 is 0. The smallest absolute Gasteiger partial charge is 0.174 e. The van der Waals surface area contributed by atoms with Crippen molar-refractivity contribution >= 4 is 0 Å². The molecule has 3 aliphatic rings. The normalized spacial score (nSPS) is 34.0. The highest BCUT2D eigenvalue weighted by atomic mass is 16.7. The van der Waals surface area contributed by atoms with E-state index in [1.54, 1.807) is 5.57 Å². The predicted octanol–water partition coefficient (Wildman–Crippen LogP) is 3.42. The number of hydrogen-bond donors (Lipinski definition) is 0. The first-order valence-corrected chi connectivity index (χ1v) is 6.88.